The first kappa shape index (κ1) is 118. The Morgan fingerprint density at radius 3 is 1.55 bits per heavy atom. The van der Waals surface area contributed by atoms with Crippen LogP contribution in [-0.2, 0) is 99.8 Å². The van der Waals surface area contributed by atoms with Crippen LogP contribution in [0.4, 0.5) is 4.39 Å². The van der Waals surface area contributed by atoms with Crippen LogP contribution in [0.2, 0.25) is 20.2 Å². The Balaban J connectivity index is 0.000000165. The summed E-state index contributed by atoms with van der Waals surface area (Å²) in [5, 5.41) is 31.4. The molecule has 0 unspecified atom stereocenters. The molecule has 0 atom stereocenters. The van der Waals surface area contributed by atoms with Gasteiger partial charge in [0.25, 0.3) is 0 Å². The smallest absolute Gasteiger partial charge is 0.153 e. The SMILES string of the molecule is CC(C)(C)c1[nH]c2ccncc2c1F.CC(C)(C)c1cc2c(Cl)cccc2s1.CC(C)(C)c1cc2c(s1)CNC2.CC(C)(C)c1cc2ncccc2[nH]1.CC(C)(C)c1ccc(C#N)s1.CC(C)(C)c1ccc(C(=N)N)s1.CC(C)(C)c1ccc2c(c1)CNC2.CC(C)(C)c1ccc2ncc(Cl)n2c1.CC(C)(C)c1cnc2scc(Cl)c2c1.Cn1cc(Cl)c2cc(C(C)(C)C)cnc21.Cn1cnc2cc(C(C)(C)C)ccc21. The maximum absolute atomic E-state index is 13.9. The molecule has 7 N–H and O–H groups in total. The summed E-state index contributed by atoms with van der Waals surface area (Å²) < 4.78 is 21.0. The van der Waals surface area contributed by atoms with E-state index in [-0.39, 0.29) is 65.8 Å². The molecule has 0 saturated carbocycles. The molecule has 3 aromatic carbocycles. The lowest BCUT2D eigenvalue weighted by Gasteiger charge is -2.19. The standard InChI is InChI=1S/C12H15ClN2.C12H13ClS.C12H16N2.C12H17N.C11H13ClN2.C11H12ClNS.C11H13FN2.C11H14N2.C10H15NS.C9H14N2S.C9H11NS/c1-12(2,3)8-5-9-10(13)7-15(4)11(9)14-6-8;1-12(2,3)11-7-8-9(13)5-4-6-10(8)14-11;1-12(2,3)9-5-6-11-10(7-9)13-8-14(11)4;1-12(2,3)11-5-4-9-7-13-8-10(9)6-11;1-11(2,3)8-4-5-10-13-6-9(12)14(10)7-8;1-11(2,3)7-4-8-9(12)6-14-10(8)13-5-7;1-11(2,3)10-9(12)7-6-13-5-4-8(7)14-10;1-11(2,3)10-7-9-8(13-10)5-4-6-12-9;1-10(2,3)9-4-7-5-11-6-8(7)12-9;1-9(2,3)7-5-4-6(12-7)8(10)11;1-9(2,3)8-5-4-7(6-10)11-8/h5-7H,1-4H3;4-7H,1-3H3;5-8H,1-4H3;4-6,13H,7-8H2,1-3H3;4-7H,1-3H3;4-6H,1-3H3;4-6,14H,1-3H3;4-7,13H,1-3H3;4,11H,5-6H2,1-3H3;4-5H,1-3H3,(H3,10,11);4-5H,1-3H3. The van der Waals surface area contributed by atoms with E-state index in [0.29, 0.717) is 21.6 Å². The number of amidine groups is 1. The van der Waals surface area contributed by atoms with E-state index >= 15 is 0 Å². The summed E-state index contributed by atoms with van der Waals surface area (Å²) in [5.74, 6) is -0.0175. The molecule has 0 spiro atoms. The molecule has 778 valence electrons. The number of hydrogen-bond acceptors (Lipinski definition) is 15. The van der Waals surface area contributed by atoms with E-state index in [4.69, 9.17) is 62.8 Å². The second-order valence-corrected chi connectivity index (χ2v) is 55.5. The van der Waals surface area contributed by atoms with Gasteiger partial charge in [-0.05, 0) is 196 Å². The lowest BCUT2D eigenvalue weighted by Crippen LogP contribution is -2.13. The van der Waals surface area contributed by atoms with Crippen LogP contribution < -0.4 is 16.4 Å². The molecule has 18 aromatic rings. The normalized spacial score (nSPS) is 12.8. The topological polar surface area (TPSA) is 221 Å². The highest BCUT2D eigenvalue weighted by atomic mass is 35.5. The van der Waals surface area contributed by atoms with Crippen LogP contribution in [0.15, 0.2) is 201 Å². The molecule has 17 heterocycles. The number of thiophene rings is 5. The Hall–Kier alpha value is -9.97. The average Bonchev–Trinajstić information content (AvgIpc) is 1.64. The van der Waals surface area contributed by atoms with Crippen molar-refractivity contribution in [3.05, 3.63) is 317 Å². The highest BCUT2D eigenvalue weighted by Crippen LogP contribution is 2.41. The number of nitriles is 1. The molecular formula is C120H153Cl4FN16S5. The van der Waals surface area contributed by atoms with Crippen LogP contribution in [0.1, 0.15) is 319 Å². The molecule has 16 nitrogen and oxygen atoms in total. The van der Waals surface area contributed by atoms with Gasteiger partial charge < -0.3 is 35.5 Å². The zero-order valence-corrected chi connectivity index (χ0v) is 99.5. The molecule has 26 heteroatoms. The minimum absolute atomic E-state index is 0.111. The van der Waals surface area contributed by atoms with Crippen LogP contribution in [-0.4, -0.2) is 59.2 Å². The fraction of sp³-hybridized carbons (Fsp3) is 0.417. The quantitative estimate of drug-likeness (QED) is 0.0674. The maximum Gasteiger partial charge on any atom is 0.153 e. The number of aryl methyl sites for hydroxylation is 2. The van der Waals surface area contributed by atoms with E-state index < -0.39 is 0 Å². The van der Waals surface area contributed by atoms with Gasteiger partial charge in [-0.3, -0.25) is 19.8 Å². The van der Waals surface area contributed by atoms with Crippen molar-refractivity contribution in [1.82, 2.24) is 64.0 Å². The minimum atomic E-state index is -0.205. The molecule has 0 fully saturated rings. The molecule has 146 heavy (non-hydrogen) atoms. The van der Waals surface area contributed by atoms with Gasteiger partial charge in [-0.2, -0.15) is 5.26 Å². The third kappa shape index (κ3) is 32.1. The third-order valence-electron chi connectivity index (χ3n) is 24.5. The second kappa shape index (κ2) is 47.5. The van der Waals surface area contributed by atoms with Crippen molar-refractivity contribution in [3.8, 4) is 6.07 Å². The molecule has 0 amide bonds. The number of nitrogens with zero attached hydrogens (tertiary/aromatic N) is 10. The molecule has 2 aliphatic heterocycles. The monoisotopic (exact) mass is 2140 g/mol. The lowest BCUT2D eigenvalue weighted by atomic mass is 9.85. The van der Waals surface area contributed by atoms with Gasteiger partial charge in [0.15, 0.2) is 5.82 Å². The molecule has 15 aromatic heterocycles. The van der Waals surface area contributed by atoms with Gasteiger partial charge in [0.1, 0.15) is 38.1 Å². The van der Waals surface area contributed by atoms with E-state index in [1.54, 1.807) is 63.5 Å². The predicted octanol–water partition coefficient (Wildman–Crippen LogP) is 35.1. The number of fused-ring (bicyclic) bond motifs is 9. The number of halogens is 5. The summed E-state index contributed by atoms with van der Waals surface area (Å²) in [4.78, 5) is 41.7. The Labute approximate surface area is 907 Å². The fourth-order valence-corrected chi connectivity index (χ4v) is 21.1. The first-order valence-electron chi connectivity index (χ1n) is 49.5. The summed E-state index contributed by atoms with van der Waals surface area (Å²) in [6.45, 7) is 76.2. The lowest BCUT2D eigenvalue weighted by molar-refractivity contribution is 0.517. The largest absolute Gasteiger partial charge is 0.383 e. The van der Waals surface area contributed by atoms with Gasteiger partial charge in [0.2, 0.25) is 0 Å². The highest BCUT2D eigenvalue weighted by Gasteiger charge is 2.28. The number of aromatic nitrogens is 11. The Morgan fingerprint density at radius 1 is 0.425 bits per heavy atom. The number of nitrogens with one attached hydrogen (secondary N) is 5. The van der Waals surface area contributed by atoms with Crippen LogP contribution in [0, 0.1) is 22.6 Å². The van der Waals surface area contributed by atoms with E-state index in [9.17, 15) is 4.39 Å². The predicted molar refractivity (Wildman–Crippen MR) is 632 cm³/mol. The summed E-state index contributed by atoms with van der Waals surface area (Å²) in [6.07, 6.45) is 16.4. The van der Waals surface area contributed by atoms with Crippen molar-refractivity contribution in [2.24, 2.45) is 19.8 Å². The number of nitrogen functional groups attached to an aromatic ring is 1. The number of aromatic amines is 2. The molecule has 0 saturated heterocycles. The van der Waals surface area contributed by atoms with Gasteiger partial charge in [-0.1, -0.05) is 311 Å². The third-order valence-corrected chi connectivity index (χ3v) is 32.9. The Kier molecular flexibility index (Phi) is 38.3. The van der Waals surface area contributed by atoms with Gasteiger partial charge in [0, 0.05) is 156 Å². The number of rotatable bonds is 1. The van der Waals surface area contributed by atoms with E-state index in [1.807, 2.05) is 162 Å². The van der Waals surface area contributed by atoms with Crippen molar-refractivity contribution in [1.29, 1.82) is 10.7 Å². The number of H-pyrrole nitrogens is 2. The molecule has 0 radical (unpaired) electrons. The second-order valence-electron chi connectivity index (χ2n) is 48.6. The van der Waals surface area contributed by atoms with Crippen LogP contribution in [0.3, 0.4) is 0 Å². The maximum atomic E-state index is 13.9. The van der Waals surface area contributed by atoms with Gasteiger partial charge in [-0.25, -0.2) is 24.3 Å². The van der Waals surface area contributed by atoms with Crippen molar-refractivity contribution >= 4 is 179 Å². The van der Waals surface area contributed by atoms with Crippen LogP contribution in [0.25, 0.3) is 70.0 Å². The van der Waals surface area contributed by atoms with Crippen molar-refractivity contribution in [2.45, 2.75) is 314 Å². The summed E-state index contributed by atoms with van der Waals surface area (Å²) in [6, 6.07) is 50.3. The number of imidazole rings is 2. The van der Waals surface area contributed by atoms with Gasteiger partial charge >= 0.3 is 0 Å². The van der Waals surface area contributed by atoms with E-state index in [1.165, 1.54) is 85.3 Å². The Bertz CT molecular complexity index is 7330. The number of nitrogens with two attached hydrogens (primary N) is 1. The molecule has 0 aliphatic carbocycles. The minimum Gasteiger partial charge on any atom is -0.383 e. The summed E-state index contributed by atoms with van der Waals surface area (Å²) >= 11 is 32.9. The number of hydrogen-bond donors (Lipinski definition) is 6. The fourth-order valence-electron chi connectivity index (χ4n) is 15.1. The number of benzene rings is 3. The van der Waals surface area contributed by atoms with Gasteiger partial charge in [-0.15, -0.1) is 56.7 Å². The Morgan fingerprint density at radius 2 is 1.00 bits per heavy atom. The molecular weight excluding hydrogens is 1990 g/mol. The summed E-state index contributed by atoms with van der Waals surface area (Å²) in [7, 11) is 3.98. The zero-order chi connectivity index (χ0) is 108. The first-order chi connectivity index (χ1) is 67.5. The van der Waals surface area contributed by atoms with Crippen molar-refractivity contribution < 1.29 is 4.39 Å². The average molecular weight is 2140 g/mol. The molecule has 20 rings (SSSR count). The first-order valence-corrected chi connectivity index (χ1v) is 55.2. The van der Waals surface area contributed by atoms with E-state index in [0.717, 1.165) is 100.0 Å². The van der Waals surface area contributed by atoms with E-state index in [2.05, 4.69) is 349 Å². The van der Waals surface area contributed by atoms with Gasteiger partial charge in [0.05, 0.1) is 66.1 Å². The zero-order valence-electron chi connectivity index (χ0n) is 92.4. The highest BCUT2D eigenvalue weighted by molar-refractivity contribution is 7.19. The van der Waals surface area contributed by atoms with Crippen molar-refractivity contribution in [2.75, 3.05) is 0 Å². The number of pyridine rings is 5. The van der Waals surface area contributed by atoms with Crippen LogP contribution >= 0.6 is 103 Å². The summed E-state index contributed by atoms with van der Waals surface area (Å²) in [5.41, 5.74) is 27.0. The molecule has 0 bridgehead atoms. The van der Waals surface area contributed by atoms with Crippen LogP contribution in [0.5, 0.6) is 0 Å². The van der Waals surface area contributed by atoms with Crippen molar-refractivity contribution in [3.63, 3.8) is 0 Å². The molecule has 2 aliphatic rings.